The number of benzene rings is 1. The van der Waals surface area contributed by atoms with Crippen LogP contribution in [0.15, 0.2) is 30.5 Å². The van der Waals surface area contributed by atoms with Gasteiger partial charge in [-0.1, -0.05) is 17.3 Å². The smallest absolute Gasteiger partial charge is 0.318 e. The van der Waals surface area contributed by atoms with Crippen molar-refractivity contribution in [1.29, 1.82) is 0 Å². The van der Waals surface area contributed by atoms with Gasteiger partial charge in [0.2, 0.25) is 0 Å². The zero-order chi connectivity index (χ0) is 22.0. The summed E-state index contributed by atoms with van der Waals surface area (Å²) in [5, 5.41) is 10.4. The lowest BCUT2D eigenvalue weighted by molar-refractivity contribution is 0.0145. The van der Waals surface area contributed by atoms with Gasteiger partial charge in [0.15, 0.2) is 5.69 Å². The summed E-state index contributed by atoms with van der Waals surface area (Å²) in [5.41, 5.74) is 0.817. The molecule has 2 fully saturated rings. The highest BCUT2D eigenvalue weighted by atomic mass is 19.3. The lowest BCUT2D eigenvalue weighted by Crippen LogP contribution is -2.44. The summed E-state index contributed by atoms with van der Waals surface area (Å²) in [6.07, 6.45) is 2.82. The maximum Gasteiger partial charge on any atom is 0.318 e. The van der Waals surface area contributed by atoms with Crippen LogP contribution in [0.5, 0.6) is 0 Å². The Morgan fingerprint density at radius 3 is 2.58 bits per heavy atom. The minimum absolute atomic E-state index is 0.000160. The Bertz CT molecular complexity index is 943. The normalized spacial score (nSPS) is 20.3. The molecule has 0 radical (unpaired) electrons. The number of hydrogen-bond donors (Lipinski definition) is 1. The van der Waals surface area contributed by atoms with Crippen LogP contribution in [-0.4, -0.2) is 68.3 Å². The topological polar surface area (TPSA) is 83.4 Å². The third-order valence-corrected chi connectivity index (χ3v) is 5.54. The van der Waals surface area contributed by atoms with E-state index in [0.29, 0.717) is 18.7 Å². The zero-order valence-electron chi connectivity index (χ0n) is 16.8. The Labute approximate surface area is 177 Å². The summed E-state index contributed by atoms with van der Waals surface area (Å²) in [6.45, 7) is 0.720. The molecule has 0 saturated carbocycles. The van der Waals surface area contributed by atoms with Gasteiger partial charge in [-0.05, 0) is 30.5 Å². The van der Waals surface area contributed by atoms with Gasteiger partial charge in [-0.2, -0.15) is 0 Å². The Kier molecular flexibility index (Phi) is 5.84. The van der Waals surface area contributed by atoms with Crippen molar-refractivity contribution in [2.45, 2.75) is 44.3 Å². The lowest BCUT2D eigenvalue weighted by Gasteiger charge is -2.24. The molecule has 2 aliphatic rings. The number of carbonyl (C=O) groups is 2. The number of halogens is 3. The summed E-state index contributed by atoms with van der Waals surface area (Å²) in [5.74, 6) is -3.65. The maximum atomic E-state index is 14.1. The SMILES string of the molecule is O=C(c1cn(CC2CC(F)(F)CN2C(=O)NCc2ccc(F)cc2)nn1)N1CCCC1. The van der Waals surface area contributed by atoms with Crippen LogP contribution >= 0.6 is 0 Å². The monoisotopic (exact) mass is 436 g/mol. The molecule has 1 atom stereocenters. The predicted molar refractivity (Wildman–Crippen MR) is 104 cm³/mol. The molecule has 2 aromatic rings. The Morgan fingerprint density at radius 2 is 1.87 bits per heavy atom. The molecule has 166 valence electrons. The fraction of sp³-hybridized carbons (Fsp3) is 0.500. The fourth-order valence-electron chi connectivity index (χ4n) is 3.96. The largest absolute Gasteiger partial charge is 0.337 e. The minimum atomic E-state index is -3.02. The van der Waals surface area contributed by atoms with Gasteiger partial charge in [-0.25, -0.2) is 22.6 Å². The first-order valence-corrected chi connectivity index (χ1v) is 10.2. The van der Waals surface area contributed by atoms with E-state index in [4.69, 9.17) is 0 Å². The van der Waals surface area contributed by atoms with Gasteiger partial charge in [-0.3, -0.25) is 4.79 Å². The van der Waals surface area contributed by atoms with Crippen molar-refractivity contribution in [3.63, 3.8) is 0 Å². The van der Waals surface area contributed by atoms with Crippen LogP contribution in [0.4, 0.5) is 18.0 Å². The summed E-state index contributed by atoms with van der Waals surface area (Å²) in [6, 6.07) is 4.11. The molecule has 3 amide bonds. The molecule has 1 unspecified atom stereocenters. The van der Waals surface area contributed by atoms with E-state index in [0.717, 1.165) is 17.7 Å². The first-order chi connectivity index (χ1) is 14.8. The maximum absolute atomic E-state index is 14.1. The number of alkyl halides is 2. The number of likely N-dealkylation sites (tertiary alicyclic amines) is 2. The van der Waals surface area contributed by atoms with Crippen molar-refractivity contribution < 1.29 is 22.8 Å². The van der Waals surface area contributed by atoms with E-state index in [1.54, 1.807) is 4.90 Å². The molecule has 1 aromatic heterocycles. The van der Waals surface area contributed by atoms with Gasteiger partial charge in [0.05, 0.1) is 25.3 Å². The fourth-order valence-corrected chi connectivity index (χ4v) is 3.96. The highest BCUT2D eigenvalue weighted by Gasteiger charge is 2.47. The standard InChI is InChI=1S/C20H23F3N6O2/c21-15-5-3-14(4-6-15)10-24-19(31)29-13-20(22,23)9-16(29)11-28-12-17(25-26-28)18(30)27-7-1-2-8-27/h3-6,12,16H,1-2,7-11,13H2,(H,24,31). The van der Waals surface area contributed by atoms with Crippen molar-refractivity contribution in [1.82, 2.24) is 30.1 Å². The van der Waals surface area contributed by atoms with E-state index < -0.39 is 36.8 Å². The van der Waals surface area contributed by atoms with Crippen LogP contribution in [-0.2, 0) is 13.1 Å². The van der Waals surface area contributed by atoms with Gasteiger partial charge in [0.25, 0.3) is 11.8 Å². The number of hydrogen-bond acceptors (Lipinski definition) is 4. The molecule has 4 rings (SSSR count). The first kappa shape index (κ1) is 21.1. The second-order valence-electron chi connectivity index (χ2n) is 7.95. The summed E-state index contributed by atoms with van der Waals surface area (Å²) >= 11 is 0. The van der Waals surface area contributed by atoms with E-state index in [9.17, 15) is 22.8 Å². The van der Waals surface area contributed by atoms with Crippen molar-refractivity contribution in [3.05, 3.63) is 47.5 Å². The molecule has 2 aliphatic heterocycles. The molecule has 31 heavy (non-hydrogen) atoms. The van der Waals surface area contributed by atoms with Gasteiger partial charge < -0.3 is 15.1 Å². The number of nitrogens with one attached hydrogen (secondary N) is 1. The third kappa shape index (κ3) is 4.97. The number of urea groups is 1. The highest BCUT2D eigenvalue weighted by molar-refractivity contribution is 5.92. The van der Waals surface area contributed by atoms with Crippen molar-refractivity contribution in [2.75, 3.05) is 19.6 Å². The minimum Gasteiger partial charge on any atom is -0.337 e. The molecule has 3 heterocycles. The van der Waals surface area contributed by atoms with Crippen LogP contribution in [0.1, 0.15) is 35.3 Å². The molecular formula is C20H23F3N6O2. The van der Waals surface area contributed by atoms with Crippen LogP contribution < -0.4 is 5.32 Å². The van der Waals surface area contributed by atoms with E-state index in [-0.39, 0.29) is 24.7 Å². The van der Waals surface area contributed by atoms with Crippen LogP contribution in [0, 0.1) is 5.82 Å². The Morgan fingerprint density at radius 1 is 1.16 bits per heavy atom. The molecule has 0 spiro atoms. The lowest BCUT2D eigenvalue weighted by atomic mass is 10.2. The quantitative estimate of drug-likeness (QED) is 0.780. The third-order valence-electron chi connectivity index (χ3n) is 5.54. The predicted octanol–water partition coefficient (Wildman–Crippen LogP) is 2.27. The number of carbonyl (C=O) groups excluding carboxylic acids is 2. The summed E-state index contributed by atoms with van der Waals surface area (Å²) in [4.78, 5) is 27.7. The molecule has 8 nitrogen and oxygen atoms in total. The van der Waals surface area contributed by atoms with E-state index in [2.05, 4.69) is 15.6 Å². The van der Waals surface area contributed by atoms with Crippen molar-refractivity contribution in [3.8, 4) is 0 Å². The van der Waals surface area contributed by atoms with Gasteiger partial charge in [0, 0.05) is 26.1 Å². The average molecular weight is 436 g/mol. The van der Waals surface area contributed by atoms with Crippen molar-refractivity contribution >= 4 is 11.9 Å². The second-order valence-corrected chi connectivity index (χ2v) is 7.95. The van der Waals surface area contributed by atoms with Crippen LogP contribution in [0.3, 0.4) is 0 Å². The molecule has 11 heteroatoms. The van der Waals surface area contributed by atoms with E-state index in [1.165, 1.54) is 35.1 Å². The Balaban J connectivity index is 1.39. The zero-order valence-corrected chi connectivity index (χ0v) is 16.8. The van der Waals surface area contributed by atoms with E-state index >= 15 is 0 Å². The van der Waals surface area contributed by atoms with Gasteiger partial charge >= 0.3 is 6.03 Å². The highest BCUT2D eigenvalue weighted by Crippen LogP contribution is 2.32. The van der Waals surface area contributed by atoms with Gasteiger partial charge in [0.1, 0.15) is 5.82 Å². The number of nitrogens with zero attached hydrogens (tertiary/aromatic N) is 5. The summed E-state index contributed by atoms with van der Waals surface area (Å²) in [7, 11) is 0. The van der Waals surface area contributed by atoms with Gasteiger partial charge in [-0.15, -0.1) is 5.10 Å². The van der Waals surface area contributed by atoms with E-state index in [1.807, 2.05) is 0 Å². The van der Waals surface area contributed by atoms with Crippen LogP contribution in [0.2, 0.25) is 0 Å². The molecule has 1 aromatic carbocycles. The number of amides is 3. The second kappa shape index (κ2) is 8.56. The average Bonchev–Trinajstić information content (AvgIpc) is 3.47. The molecular weight excluding hydrogens is 413 g/mol. The molecule has 2 saturated heterocycles. The number of aromatic nitrogens is 3. The van der Waals surface area contributed by atoms with Crippen LogP contribution in [0.25, 0.3) is 0 Å². The molecule has 0 aliphatic carbocycles. The summed E-state index contributed by atoms with van der Waals surface area (Å²) < 4.78 is 42.5. The molecule has 1 N–H and O–H groups in total. The first-order valence-electron chi connectivity index (χ1n) is 10.2. The Hall–Kier alpha value is -3.11. The number of rotatable bonds is 5. The van der Waals surface area contributed by atoms with Crippen molar-refractivity contribution in [2.24, 2.45) is 0 Å². The molecule has 0 bridgehead atoms.